The second kappa shape index (κ2) is 5.13. The number of thioether (sulfide) groups is 1. The van der Waals surface area contributed by atoms with Gasteiger partial charge in [-0.1, -0.05) is 6.07 Å². The monoisotopic (exact) mass is 277 g/mol. The summed E-state index contributed by atoms with van der Waals surface area (Å²) in [6, 6.07) is 6.43. The molecule has 1 heterocycles. The number of nitrogens with one attached hydrogen (secondary N) is 1. The molecule has 5 heteroatoms. The van der Waals surface area contributed by atoms with Gasteiger partial charge in [0.2, 0.25) is 5.91 Å². The molecule has 4 nitrogen and oxygen atoms in total. The molecule has 2 aliphatic carbocycles. The molecular weight excluding hydrogens is 258 g/mol. The van der Waals surface area contributed by atoms with Crippen LogP contribution in [0.5, 0.6) is 0 Å². The van der Waals surface area contributed by atoms with Gasteiger partial charge in [-0.15, -0.1) is 11.8 Å². The van der Waals surface area contributed by atoms with Crippen LogP contribution in [0.25, 0.3) is 0 Å². The first-order valence-electron chi connectivity index (χ1n) is 6.83. The summed E-state index contributed by atoms with van der Waals surface area (Å²) in [5.41, 5.74) is 5.16. The van der Waals surface area contributed by atoms with Crippen molar-refractivity contribution in [1.29, 1.82) is 0 Å². The Morgan fingerprint density at radius 1 is 1.42 bits per heavy atom. The molecule has 0 aliphatic heterocycles. The van der Waals surface area contributed by atoms with Gasteiger partial charge in [-0.2, -0.15) is 0 Å². The minimum atomic E-state index is -0.479. The maximum absolute atomic E-state index is 11.8. The first kappa shape index (κ1) is 12.9. The van der Waals surface area contributed by atoms with E-state index < -0.39 is 5.54 Å². The molecule has 1 aromatic rings. The summed E-state index contributed by atoms with van der Waals surface area (Å²) in [5.74, 6) is -0.191. The van der Waals surface area contributed by atoms with Crippen molar-refractivity contribution in [3.8, 4) is 0 Å². The van der Waals surface area contributed by atoms with Crippen molar-refractivity contribution >= 4 is 17.7 Å². The third-order valence-corrected chi connectivity index (χ3v) is 5.14. The third-order valence-electron chi connectivity index (χ3n) is 3.92. The van der Waals surface area contributed by atoms with E-state index in [9.17, 15) is 4.79 Å². The van der Waals surface area contributed by atoms with E-state index >= 15 is 0 Å². The zero-order valence-electron chi connectivity index (χ0n) is 10.8. The summed E-state index contributed by atoms with van der Waals surface area (Å²) in [4.78, 5) is 16.2. The van der Waals surface area contributed by atoms with Crippen LogP contribution < -0.4 is 11.1 Å². The van der Waals surface area contributed by atoms with Gasteiger partial charge in [-0.3, -0.25) is 4.79 Å². The fourth-order valence-corrected chi connectivity index (χ4v) is 3.96. The van der Waals surface area contributed by atoms with Crippen molar-refractivity contribution in [3.63, 3.8) is 0 Å². The minimum absolute atomic E-state index is 0.191. The molecule has 1 amide bonds. The topological polar surface area (TPSA) is 68.0 Å². The Morgan fingerprint density at radius 3 is 2.89 bits per heavy atom. The molecule has 2 aliphatic rings. The lowest BCUT2D eigenvalue weighted by atomic mass is 9.96. The first-order valence-corrected chi connectivity index (χ1v) is 7.71. The Labute approximate surface area is 117 Å². The fourth-order valence-electron chi connectivity index (χ4n) is 2.73. The highest BCUT2D eigenvalue weighted by atomic mass is 32.2. The quantitative estimate of drug-likeness (QED) is 0.859. The van der Waals surface area contributed by atoms with Crippen molar-refractivity contribution in [2.24, 2.45) is 5.73 Å². The Balaban J connectivity index is 1.65. The maximum atomic E-state index is 11.8. The summed E-state index contributed by atoms with van der Waals surface area (Å²) >= 11 is 1.76. The maximum Gasteiger partial charge on any atom is 0.237 e. The van der Waals surface area contributed by atoms with Crippen LogP contribution in [0.2, 0.25) is 0 Å². The van der Waals surface area contributed by atoms with Gasteiger partial charge in [0, 0.05) is 17.5 Å². The van der Waals surface area contributed by atoms with Crippen LogP contribution in [0, 0.1) is 0 Å². The first-order chi connectivity index (χ1) is 9.18. The van der Waals surface area contributed by atoms with E-state index in [0.717, 1.165) is 24.3 Å². The van der Waals surface area contributed by atoms with Gasteiger partial charge in [0.05, 0.1) is 10.6 Å². The summed E-state index contributed by atoms with van der Waals surface area (Å²) in [5, 5.41) is 4.92. The lowest BCUT2D eigenvalue weighted by Crippen LogP contribution is -2.54. The third kappa shape index (κ3) is 2.92. The smallest absolute Gasteiger partial charge is 0.237 e. The van der Waals surface area contributed by atoms with Crippen molar-refractivity contribution in [3.05, 3.63) is 24.4 Å². The summed E-state index contributed by atoms with van der Waals surface area (Å²) in [6.07, 6.45) is 6.84. The zero-order chi connectivity index (χ0) is 13.3. The van der Waals surface area contributed by atoms with Gasteiger partial charge < -0.3 is 11.1 Å². The average molecular weight is 277 g/mol. The van der Waals surface area contributed by atoms with Crippen LogP contribution >= 0.6 is 11.8 Å². The highest BCUT2D eigenvalue weighted by molar-refractivity contribution is 7.99. The Bertz CT molecular complexity index is 463. The number of primary amides is 1. The predicted molar refractivity (Wildman–Crippen MR) is 75.8 cm³/mol. The van der Waals surface area contributed by atoms with E-state index in [1.54, 1.807) is 18.0 Å². The molecule has 0 aromatic carbocycles. The van der Waals surface area contributed by atoms with E-state index in [-0.39, 0.29) is 5.91 Å². The Kier molecular flexibility index (Phi) is 3.50. The summed E-state index contributed by atoms with van der Waals surface area (Å²) < 4.78 is 0. The van der Waals surface area contributed by atoms with E-state index in [4.69, 9.17) is 5.73 Å². The molecule has 19 heavy (non-hydrogen) atoms. The second-order valence-electron chi connectivity index (χ2n) is 5.52. The largest absolute Gasteiger partial charge is 0.368 e. The summed E-state index contributed by atoms with van der Waals surface area (Å²) in [7, 11) is 0. The Hall–Kier alpha value is -1.07. The number of pyridine rings is 1. The van der Waals surface area contributed by atoms with Gasteiger partial charge in [0.25, 0.3) is 0 Å². The molecule has 3 N–H and O–H groups in total. The number of nitrogens with zero attached hydrogens (tertiary/aromatic N) is 1. The van der Waals surface area contributed by atoms with Crippen molar-refractivity contribution < 1.29 is 4.79 Å². The number of nitrogens with two attached hydrogens (primary N) is 1. The van der Waals surface area contributed by atoms with Crippen LogP contribution in [-0.2, 0) is 4.79 Å². The number of aromatic nitrogens is 1. The van der Waals surface area contributed by atoms with Gasteiger partial charge in [-0.25, -0.2) is 4.98 Å². The molecule has 0 saturated heterocycles. The van der Waals surface area contributed by atoms with Crippen molar-refractivity contribution in [2.45, 2.75) is 54.0 Å². The van der Waals surface area contributed by atoms with Gasteiger partial charge >= 0.3 is 0 Å². The molecule has 2 unspecified atom stereocenters. The molecule has 2 atom stereocenters. The summed E-state index contributed by atoms with van der Waals surface area (Å²) in [6.45, 7) is 0. The molecular formula is C14H19N3OS. The van der Waals surface area contributed by atoms with Crippen LogP contribution in [-0.4, -0.2) is 27.7 Å². The molecule has 102 valence electrons. The normalized spacial score (nSPS) is 30.4. The zero-order valence-corrected chi connectivity index (χ0v) is 11.7. The lowest BCUT2D eigenvalue weighted by Gasteiger charge is -2.27. The predicted octanol–water partition coefficient (Wildman–Crippen LogP) is 1.70. The van der Waals surface area contributed by atoms with Crippen molar-refractivity contribution in [1.82, 2.24) is 10.3 Å². The number of amides is 1. The Morgan fingerprint density at radius 2 is 2.26 bits per heavy atom. The minimum Gasteiger partial charge on any atom is -0.368 e. The molecule has 0 spiro atoms. The van der Waals surface area contributed by atoms with Gasteiger partial charge in [0.1, 0.15) is 0 Å². The molecule has 2 fully saturated rings. The highest BCUT2D eigenvalue weighted by Gasteiger charge is 2.46. The standard InChI is InChI=1S/C14H19N3OS/c15-13(18)14(17-10-4-5-10)7-6-11(9-14)19-12-3-1-2-8-16-12/h1-3,8,10-11,17H,4-7,9H2,(H2,15,18). The average Bonchev–Trinajstić information content (AvgIpc) is 3.11. The number of rotatable bonds is 5. The van der Waals surface area contributed by atoms with E-state index in [1.165, 1.54) is 12.8 Å². The molecule has 0 radical (unpaired) electrons. The number of carbonyl (C=O) groups excluding carboxylic acids is 1. The number of carbonyl (C=O) groups is 1. The molecule has 2 saturated carbocycles. The van der Waals surface area contributed by atoms with Crippen LogP contribution in [0.15, 0.2) is 29.4 Å². The number of hydrogen-bond donors (Lipinski definition) is 2. The number of hydrogen-bond acceptors (Lipinski definition) is 4. The molecule has 0 bridgehead atoms. The van der Waals surface area contributed by atoms with Crippen LogP contribution in [0.1, 0.15) is 32.1 Å². The van der Waals surface area contributed by atoms with Gasteiger partial charge in [-0.05, 0) is 44.2 Å². The molecule has 1 aromatic heterocycles. The van der Waals surface area contributed by atoms with E-state index in [2.05, 4.69) is 10.3 Å². The van der Waals surface area contributed by atoms with E-state index in [1.807, 2.05) is 18.2 Å². The molecule has 3 rings (SSSR count). The van der Waals surface area contributed by atoms with E-state index in [0.29, 0.717) is 11.3 Å². The lowest BCUT2D eigenvalue weighted by molar-refractivity contribution is -0.124. The van der Waals surface area contributed by atoms with Gasteiger partial charge in [0.15, 0.2) is 0 Å². The second-order valence-corrected chi connectivity index (χ2v) is 6.84. The fraction of sp³-hybridized carbons (Fsp3) is 0.571. The van der Waals surface area contributed by atoms with Crippen LogP contribution in [0.4, 0.5) is 0 Å². The van der Waals surface area contributed by atoms with Crippen molar-refractivity contribution in [2.75, 3.05) is 0 Å². The van der Waals surface area contributed by atoms with Crippen LogP contribution in [0.3, 0.4) is 0 Å². The SMILES string of the molecule is NC(=O)C1(NC2CC2)CCC(Sc2ccccn2)C1. The highest BCUT2D eigenvalue weighted by Crippen LogP contribution is 2.41.